The molecule has 1 atom stereocenters. The fourth-order valence-corrected chi connectivity index (χ4v) is 3.38. The zero-order valence-electron chi connectivity index (χ0n) is 15.4. The number of amides is 1. The first-order valence-electron chi connectivity index (χ1n) is 9.07. The van der Waals surface area contributed by atoms with Gasteiger partial charge in [0.1, 0.15) is 0 Å². The van der Waals surface area contributed by atoms with E-state index in [9.17, 15) is 4.79 Å². The van der Waals surface area contributed by atoms with Crippen LogP contribution in [0.3, 0.4) is 0 Å². The van der Waals surface area contributed by atoms with Gasteiger partial charge in [-0.1, -0.05) is 36.4 Å². The van der Waals surface area contributed by atoms with Crippen molar-refractivity contribution < 1.29 is 14.3 Å². The molecular weight excluding hydrogens is 326 g/mol. The topological polar surface area (TPSA) is 38.8 Å². The number of methoxy groups -OCH3 is 1. The molecule has 1 fully saturated rings. The maximum absolute atomic E-state index is 12.7. The predicted molar refractivity (Wildman–Crippen MR) is 103 cm³/mol. The third-order valence-electron chi connectivity index (χ3n) is 4.63. The van der Waals surface area contributed by atoms with Crippen molar-refractivity contribution in [3.8, 4) is 11.5 Å². The Morgan fingerprint density at radius 1 is 1.19 bits per heavy atom. The average Bonchev–Trinajstić information content (AvgIpc) is 3.18. The summed E-state index contributed by atoms with van der Waals surface area (Å²) >= 11 is 0. The summed E-state index contributed by atoms with van der Waals surface area (Å²) in [7, 11) is 1.62. The Balaban J connectivity index is 1.73. The standard InChI is InChI=1S/C22H25NO3/c1-3-26-20-13-11-17(16-21(20)25-2)12-14-22(24)23-15-7-10-19(23)18-8-5-4-6-9-18/h4-6,8-9,11-14,16,19H,3,7,10,15H2,1-2H3. The Morgan fingerprint density at radius 3 is 2.73 bits per heavy atom. The third-order valence-corrected chi connectivity index (χ3v) is 4.63. The molecule has 3 rings (SSSR count). The van der Waals surface area contributed by atoms with Gasteiger partial charge < -0.3 is 14.4 Å². The molecule has 0 spiro atoms. The zero-order valence-corrected chi connectivity index (χ0v) is 15.4. The minimum atomic E-state index is 0.0456. The summed E-state index contributed by atoms with van der Waals surface area (Å²) in [4.78, 5) is 14.7. The highest BCUT2D eigenvalue weighted by Gasteiger charge is 2.28. The lowest BCUT2D eigenvalue weighted by Gasteiger charge is -2.23. The van der Waals surface area contributed by atoms with Crippen molar-refractivity contribution in [1.29, 1.82) is 0 Å². The minimum absolute atomic E-state index is 0.0456. The minimum Gasteiger partial charge on any atom is -0.493 e. The van der Waals surface area contributed by atoms with Crippen molar-refractivity contribution in [3.63, 3.8) is 0 Å². The molecule has 2 aromatic carbocycles. The molecule has 0 bridgehead atoms. The Labute approximate surface area is 155 Å². The van der Waals surface area contributed by atoms with Gasteiger partial charge in [-0.15, -0.1) is 0 Å². The van der Waals surface area contributed by atoms with E-state index in [1.54, 1.807) is 13.2 Å². The first-order valence-corrected chi connectivity index (χ1v) is 9.07. The average molecular weight is 351 g/mol. The Morgan fingerprint density at radius 2 is 2.00 bits per heavy atom. The van der Waals surface area contributed by atoms with E-state index >= 15 is 0 Å². The number of hydrogen-bond acceptors (Lipinski definition) is 3. The SMILES string of the molecule is CCOc1ccc(C=CC(=O)N2CCCC2c2ccccc2)cc1OC. The van der Waals surface area contributed by atoms with Gasteiger partial charge in [-0.25, -0.2) is 0 Å². The van der Waals surface area contributed by atoms with Crippen LogP contribution in [0.5, 0.6) is 11.5 Å². The Bertz CT molecular complexity index is 770. The van der Waals surface area contributed by atoms with Gasteiger partial charge in [-0.05, 0) is 49.1 Å². The number of nitrogens with zero attached hydrogens (tertiary/aromatic N) is 1. The second kappa shape index (κ2) is 8.56. The number of hydrogen-bond donors (Lipinski definition) is 0. The van der Waals surface area contributed by atoms with Crippen LogP contribution in [0.15, 0.2) is 54.6 Å². The number of rotatable bonds is 6. The molecule has 1 unspecified atom stereocenters. The van der Waals surface area contributed by atoms with Crippen LogP contribution in [-0.2, 0) is 4.79 Å². The van der Waals surface area contributed by atoms with Gasteiger partial charge in [0.2, 0.25) is 5.91 Å². The summed E-state index contributed by atoms with van der Waals surface area (Å²) in [5.41, 5.74) is 2.11. The van der Waals surface area contributed by atoms with Crippen LogP contribution in [0.2, 0.25) is 0 Å². The molecule has 0 radical (unpaired) electrons. The van der Waals surface area contributed by atoms with Gasteiger partial charge in [-0.3, -0.25) is 4.79 Å². The second-order valence-corrected chi connectivity index (χ2v) is 6.28. The largest absolute Gasteiger partial charge is 0.493 e. The van der Waals surface area contributed by atoms with E-state index < -0.39 is 0 Å². The van der Waals surface area contributed by atoms with Crippen LogP contribution >= 0.6 is 0 Å². The summed E-state index contributed by atoms with van der Waals surface area (Å²) < 4.78 is 10.9. The van der Waals surface area contributed by atoms with E-state index in [2.05, 4.69) is 12.1 Å². The summed E-state index contributed by atoms with van der Waals surface area (Å²) in [6, 6.07) is 16.1. The van der Waals surface area contributed by atoms with Crippen LogP contribution in [0, 0.1) is 0 Å². The number of carbonyl (C=O) groups is 1. The number of likely N-dealkylation sites (tertiary alicyclic amines) is 1. The highest BCUT2D eigenvalue weighted by atomic mass is 16.5. The zero-order chi connectivity index (χ0) is 18.4. The lowest BCUT2D eigenvalue weighted by Crippen LogP contribution is -2.28. The fourth-order valence-electron chi connectivity index (χ4n) is 3.38. The van der Waals surface area contributed by atoms with Gasteiger partial charge in [-0.2, -0.15) is 0 Å². The molecule has 0 aromatic heterocycles. The molecular formula is C22H25NO3. The van der Waals surface area contributed by atoms with E-state index in [4.69, 9.17) is 9.47 Å². The maximum Gasteiger partial charge on any atom is 0.247 e. The lowest BCUT2D eigenvalue weighted by molar-refractivity contribution is -0.126. The summed E-state index contributed by atoms with van der Waals surface area (Å²) in [5, 5.41) is 0. The number of ether oxygens (including phenoxy) is 2. The molecule has 1 heterocycles. The van der Waals surface area contributed by atoms with Gasteiger partial charge in [0, 0.05) is 12.6 Å². The number of benzene rings is 2. The molecule has 0 N–H and O–H groups in total. The Kier molecular flexibility index (Phi) is 5.95. The Hall–Kier alpha value is -2.75. The first kappa shape index (κ1) is 18.1. The maximum atomic E-state index is 12.7. The van der Waals surface area contributed by atoms with Crippen molar-refractivity contribution in [3.05, 3.63) is 65.7 Å². The van der Waals surface area contributed by atoms with Crippen LogP contribution in [-0.4, -0.2) is 31.1 Å². The summed E-state index contributed by atoms with van der Waals surface area (Å²) in [6.45, 7) is 3.32. The normalized spacial score (nSPS) is 16.8. The molecule has 1 aliphatic heterocycles. The predicted octanol–water partition coefficient (Wildman–Crippen LogP) is 4.47. The van der Waals surface area contributed by atoms with E-state index in [0.29, 0.717) is 18.1 Å². The molecule has 4 heteroatoms. The van der Waals surface area contributed by atoms with Crippen molar-refractivity contribution in [2.24, 2.45) is 0 Å². The van der Waals surface area contributed by atoms with Crippen molar-refractivity contribution in [2.45, 2.75) is 25.8 Å². The number of carbonyl (C=O) groups excluding carboxylic acids is 1. The van der Waals surface area contributed by atoms with E-state index in [-0.39, 0.29) is 11.9 Å². The van der Waals surface area contributed by atoms with Crippen molar-refractivity contribution in [2.75, 3.05) is 20.3 Å². The van der Waals surface area contributed by atoms with Gasteiger partial charge in [0.05, 0.1) is 19.8 Å². The molecule has 136 valence electrons. The third kappa shape index (κ3) is 4.07. The monoisotopic (exact) mass is 351 g/mol. The first-order chi connectivity index (χ1) is 12.7. The van der Waals surface area contributed by atoms with Crippen molar-refractivity contribution >= 4 is 12.0 Å². The van der Waals surface area contributed by atoms with Crippen LogP contribution in [0.25, 0.3) is 6.08 Å². The molecule has 1 amide bonds. The van der Waals surface area contributed by atoms with Gasteiger partial charge in [0.15, 0.2) is 11.5 Å². The quantitative estimate of drug-likeness (QED) is 0.721. The molecule has 4 nitrogen and oxygen atoms in total. The van der Waals surface area contributed by atoms with Crippen LogP contribution in [0.1, 0.15) is 36.9 Å². The van der Waals surface area contributed by atoms with E-state index in [1.807, 2.05) is 54.3 Å². The van der Waals surface area contributed by atoms with E-state index in [1.165, 1.54) is 5.56 Å². The molecule has 1 saturated heterocycles. The second-order valence-electron chi connectivity index (χ2n) is 6.28. The van der Waals surface area contributed by atoms with Crippen LogP contribution in [0.4, 0.5) is 0 Å². The molecule has 0 saturated carbocycles. The fraction of sp³-hybridized carbons (Fsp3) is 0.318. The highest BCUT2D eigenvalue weighted by molar-refractivity contribution is 5.92. The van der Waals surface area contributed by atoms with Crippen molar-refractivity contribution in [1.82, 2.24) is 4.90 Å². The van der Waals surface area contributed by atoms with Crippen LogP contribution < -0.4 is 9.47 Å². The lowest BCUT2D eigenvalue weighted by atomic mass is 10.0. The molecule has 26 heavy (non-hydrogen) atoms. The molecule has 2 aromatic rings. The smallest absolute Gasteiger partial charge is 0.247 e. The van der Waals surface area contributed by atoms with Gasteiger partial charge in [0.25, 0.3) is 0 Å². The molecule has 1 aliphatic rings. The summed E-state index contributed by atoms with van der Waals surface area (Å²) in [5.74, 6) is 1.43. The highest BCUT2D eigenvalue weighted by Crippen LogP contribution is 2.32. The van der Waals surface area contributed by atoms with E-state index in [0.717, 1.165) is 24.9 Å². The summed E-state index contributed by atoms with van der Waals surface area (Å²) in [6.07, 6.45) is 5.54. The van der Waals surface area contributed by atoms with Gasteiger partial charge >= 0.3 is 0 Å². The molecule has 0 aliphatic carbocycles.